The molecule has 3 rings (SSSR count). The number of carbonyl (C=O) groups is 2. The monoisotopic (exact) mass is 532 g/mol. The number of rotatable bonds is 8. The van der Waals surface area contributed by atoms with Gasteiger partial charge in [0, 0.05) is 24.4 Å². The summed E-state index contributed by atoms with van der Waals surface area (Å²) in [6.45, 7) is 1.56. The smallest absolute Gasteiger partial charge is 0.411 e. The number of nitrogens with zero attached hydrogens (tertiary/aromatic N) is 2. The molecule has 200 valence electrons. The van der Waals surface area contributed by atoms with E-state index < -0.39 is 45.9 Å². The van der Waals surface area contributed by atoms with Gasteiger partial charge in [0.2, 0.25) is 0 Å². The number of halogens is 2. The SMILES string of the molecule is COC(=O)C1C=C(c2cc(N(O)CC3CC3)c(OC(F)F)cc2S(C)(=O)=O)CN1C(=O)OC(C)(C)C. The summed E-state index contributed by atoms with van der Waals surface area (Å²) in [6.07, 6.45) is 3.11. The second-order valence-electron chi connectivity index (χ2n) is 9.76. The molecule has 1 aromatic carbocycles. The van der Waals surface area contributed by atoms with E-state index in [1.165, 1.54) is 12.1 Å². The van der Waals surface area contributed by atoms with Crippen molar-refractivity contribution in [2.75, 3.05) is 31.5 Å². The largest absolute Gasteiger partial charge is 0.467 e. The van der Waals surface area contributed by atoms with Crippen molar-refractivity contribution in [3.8, 4) is 5.75 Å². The number of benzene rings is 1. The standard InChI is InChI=1S/C23H30F2N2O8S/c1-23(2,3)35-22(29)26-12-14(8-17(26)20(28)33-4)15-9-16(27(30)11-13-6-7-13)18(34-21(24)25)10-19(15)36(5,31)32/h8-10,13,17,21,30H,6-7,11-12H2,1-5H3. The molecular weight excluding hydrogens is 502 g/mol. The second-order valence-corrected chi connectivity index (χ2v) is 11.7. The van der Waals surface area contributed by atoms with E-state index >= 15 is 0 Å². The number of anilines is 1. The highest BCUT2D eigenvalue weighted by atomic mass is 32.2. The average molecular weight is 533 g/mol. The number of hydrogen-bond donors (Lipinski definition) is 1. The van der Waals surface area contributed by atoms with Crippen LogP contribution in [-0.4, -0.2) is 75.3 Å². The van der Waals surface area contributed by atoms with Crippen molar-refractivity contribution in [2.45, 2.75) is 56.8 Å². The lowest BCUT2D eigenvalue weighted by atomic mass is 10.0. The summed E-state index contributed by atoms with van der Waals surface area (Å²) in [7, 11) is -2.87. The summed E-state index contributed by atoms with van der Waals surface area (Å²) >= 11 is 0. The maximum absolute atomic E-state index is 13.1. The first-order valence-corrected chi connectivity index (χ1v) is 13.1. The lowest BCUT2D eigenvalue weighted by Gasteiger charge is -2.27. The molecule has 13 heteroatoms. The minimum atomic E-state index is -4.01. The van der Waals surface area contributed by atoms with Gasteiger partial charge in [-0.25, -0.2) is 18.0 Å². The molecule has 1 N–H and O–H groups in total. The first-order valence-electron chi connectivity index (χ1n) is 11.2. The Kier molecular flexibility index (Phi) is 7.84. The Morgan fingerprint density at radius 2 is 1.89 bits per heavy atom. The van der Waals surface area contributed by atoms with Crippen LogP contribution >= 0.6 is 0 Å². The van der Waals surface area contributed by atoms with Gasteiger partial charge in [-0.15, -0.1) is 0 Å². The molecule has 1 aliphatic carbocycles. The number of hydroxylamine groups is 1. The molecule has 0 bridgehead atoms. The van der Waals surface area contributed by atoms with Crippen LogP contribution in [0.15, 0.2) is 23.1 Å². The number of hydrogen-bond acceptors (Lipinski definition) is 9. The molecule has 1 aliphatic heterocycles. The van der Waals surface area contributed by atoms with Crippen LogP contribution in [-0.2, 0) is 24.1 Å². The van der Waals surface area contributed by atoms with Crippen LogP contribution in [0.3, 0.4) is 0 Å². The molecule has 0 spiro atoms. The molecule has 0 radical (unpaired) electrons. The Hall–Kier alpha value is -2.93. The van der Waals surface area contributed by atoms with E-state index in [1.807, 2.05) is 0 Å². The van der Waals surface area contributed by atoms with E-state index in [1.54, 1.807) is 20.8 Å². The van der Waals surface area contributed by atoms with Gasteiger partial charge in [-0.3, -0.25) is 15.2 Å². The number of sulfone groups is 1. The molecule has 1 amide bonds. The number of carbonyl (C=O) groups excluding carboxylic acids is 2. The number of methoxy groups -OCH3 is 1. The van der Waals surface area contributed by atoms with E-state index in [-0.39, 0.29) is 40.7 Å². The van der Waals surface area contributed by atoms with E-state index in [4.69, 9.17) is 9.47 Å². The van der Waals surface area contributed by atoms with Crippen molar-refractivity contribution in [1.82, 2.24) is 4.90 Å². The van der Waals surface area contributed by atoms with Crippen LogP contribution < -0.4 is 9.80 Å². The van der Waals surface area contributed by atoms with Gasteiger partial charge in [0.15, 0.2) is 21.6 Å². The second kappa shape index (κ2) is 10.2. The number of amides is 1. The van der Waals surface area contributed by atoms with E-state index in [9.17, 15) is 32.0 Å². The molecular formula is C23H30F2N2O8S. The minimum absolute atomic E-state index is 0.0175. The zero-order valence-corrected chi connectivity index (χ0v) is 21.5. The maximum atomic E-state index is 13.1. The fourth-order valence-corrected chi connectivity index (χ4v) is 4.66. The Morgan fingerprint density at radius 1 is 1.25 bits per heavy atom. The Labute approximate surface area is 208 Å². The quantitative estimate of drug-likeness (QED) is 0.396. The van der Waals surface area contributed by atoms with Crippen LogP contribution in [0.1, 0.15) is 39.2 Å². The van der Waals surface area contributed by atoms with Crippen molar-refractivity contribution < 1.29 is 46.2 Å². The third kappa shape index (κ3) is 6.64. The van der Waals surface area contributed by atoms with Gasteiger partial charge in [0.05, 0.1) is 18.6 Å². The fourth-order valence-electron chi connectivity index (χ4n) is 3.75. The lowest BCUT2D eigenvalue weighted by molar-refractivity contribution is -0.144. The Balaban J connectivity index is 2.13. The highest BCUT2D eigenvalue weighted by molar-refractivity contribution is 7.90. The van der Waals surface area contributed by atoms with E-state index in [2.05, 4.69) is 4.74 Å². The van der Waals surface area contributed by atoms with E-state index in [0.717, 1.165) is 42.2 Å². The van der Waals surface area contributed by atoms with Crippen LogP contribution in [0, 0.1) is 5.92 Å². The Morgan fingerprint density at radius 3 is 2.39 bits per heavy atom. The molecule has 1 fully saturated rings. The summed E-state index contributed by atoms with van der Waals surface area (Å²) in [6, 6.07) is 0.895. The van der Waals surface area contributed by atoms with Crippen molar-refractivity contribution in [3.05, 3.63) is 23.8 Å². The van der Waals surface area contributed by atoms with Crippen LogP contribution in [0.25, 0.3) is 5.57 Å². The van der Waals surface area contributed by atoms with Crippen LogP contribution in [0.2, 0.25) is 0 Å². The van der Waals surface area contributed by atoms with Gasteiger partial charge >= 0.3 is 18.7 Å². The lowest BCUT2D eigenvalue weighted by Crippen LogP contribution is -2.44. The highest BCUT2D eigenvalue weighted by Gasteiger charge is 2.39. The van der Waals surface area contributed by atoms with Gasteiger partial charge in [-0.05, 0) is 57.2 Å². The average Bonchev–Trinajstić information content (AvgIpc) is 3.44. The predicted molar refractivity (Wildman–Crippen MR) is 125 cm³/mol. The molecule has 1 saturated carbocycles. The molecule has 36 heavy (non-hydrogen) atoms. The number of alkyl halides is 2. The third-order valence-corrected chi connectivity index (χ3v) is 6.67. The van der Waals surface area contributed by atoms with Gasteiger partial charge in [0.1, 0.15) is 11.3 Å². The molecule has 2 aliphatic rings. The molecule has 1 atom stereocenters. The number of esters is 1. The summed E-state index contributed by atoms with van der Waals surface area (Å²) in [4.78, 5) is 26.0. The first-order chi connectivity index (χ1) is 16.6. The molecule has 0 saturated heterocycles. The van der Waals surface area contributed by atoms with Crippen molar-refractivity contribution in [1.29, 1.82) is 0 Å². The van der Waals surface area contributed by atoms with Gasteiger partial charge in [-0.2, -0.15) is 8.78 Å². The molecule has 10 nitrogen and oxygen atoms in total. The maximum Gasteiger partial charge on any atom is 0.411 e. The summed E-state index contributed by atoms with van der Waals surface area (Å²) in [5, 5.41) is 11.4. The van der Waals surface area contributed by atoms with Gasteiger partial charge in [-0.1, -0.05) is 0 Å². The highest BCUT2D eigenvalue weighted by Crippen LogP contribution is 2.41. The van der Waals surface area contributed by atoms with Crippen LogP contribution in [0.4, 0.5) is 19.3 Å². The topological polar surface area (TPSA) is 123 Å². The van der Waals surface area contributed by atoms with Gasteiger partial charge in [0.25, 0.3) is 0 Å². The van der Waals surface area contributed by atoms with Crippen molar-refractivity contribution >= 4 is 33.2 Å². The van der Waals surface area contributed by atoms with E-state index in [0.29, 0.717) is 0 Å². The molecule has 1 unspecified atom stereocenters. The normalized spacial score (nSPS) is 18.2. The van der Waals surface area contributed by atoms with Crippen molar-refractivity contribution in [2.24, 2.45) is 5.92 Å². The third-order valence-electron chi connectivity index (χ3n) is 5.53. The minimum Gasteiger partial charge on any atom is -0.467 e. The predicted octanol–water partition coefficient (Wildman–Crippen LogP) is 3.47. The molecule has 1 heterocycles. The summed E-state index contributed by atoms with van der Waals surface area (Å²) in [5.74, 6) is -1.15. The molecule has 0 aromatic heterocycles. The number of ether oxygens (including phenoxy) is 3. The zero-order valence-electron chi connectivity index (χ0n) is 20.7. The van der Waals surface area contributed by atoms with Crippen LogP contribution in [0.5, 0.6) is 5.75 Å². The zero-order chi connectivity index (χ0) is 27.0. The fraction of sp³-hybridized carbons (Fsp3) is 0.565. The van der Waals surface area contributed by atoms with Crippen molar-refractivity contribution in [3.63, 3.8) is 0 Å². The summed E-state index contributed by atoms with van der Waals surface area (Å²) in [5.41, 5.74) is -0.804. The first kappa shape index (κ1) is 27.7. The Bertz CT molecular complexity index is 1160. The summed E-state index contributed by atoms with van der Waals surface area (Å²) < 4.78 is 66.3. The van der Waals surface area contributed by atoms with Gasteiger partial charge < -0.3 is 14.2 Å². The molecule has 1 aromatic rings.